The quantitative estimate of drug-likeness (QED) is 0.428. The third kappa shape index (κ3) is 4.73. The summed E-state index contributed by atoms with van der Waals surface area (Å²) in [6.07, 6.45) is 0.419. The van der Waals surface area contributed by atoms with E-state index in [1.807, 2.05) is 0 Å². The van der Waals surface area contributed by atoms with Gasteiger partial charge >= 0.3 is 5.97 Å². The van der Waals surface area contributed by atoms with Gasteiger partial charge in [0.25, 0.3) is 0 Å². The van der Waals surface area contributed by atoms with Gasteiger partial charge in [0.05, 0.1) is 19.1 Å². The van der Waals surface area contributed by atoms with E-state index in [1.165, 1.54) is 7.11 Å². The highest BCUT2D eigenvalue weighted by molar-refractivity contribution is 6.74. The molecule has 0 saturated carbocycles. The van der Waals surface area contributed by atoms with Crippen molar-refractivity contribution in [3.8, 4) is 0 Å². The van der Waals surface area contributed by atoms with Gasteiger partial charge in [-0.2, -0.15) is 0 Å². The monoisotopic (exact) mass is 288 g/mol. The molecule has 112 valence electrons. The molecular weight excluding hydrogens is 260 g/mol. The first kappa shape index (κ1) is 18.3. The fourth-order valence-electron chi connectivity index (χ4n) is 1.58. The molecule has 0 heterocycles. The number of esters is 1. The second kappa shape index (κ2) is 6.66. The standard InChI is InChI=1S/C14H28O4Si/c1-10(9-15)12(11(2)13(16)17-6)18-19(7,8)14(3,4)5/h9-12H,1-8H3/t10-,11+,12-/m0/s1. The number of ether oxygens (including phenoxy) is 1. The summed E-state index contributed by atoms with van der Waals surface area (Å²) in [6.45, 7) is 14.1. The van der Waals surface area contributed by atoms with Crippen molar-refractivity contribution in [1.82, 2.24) is 0 Å². The van der Waals surface area contributed by atoms with Crippen LogP contribution < -0.4 is 0 Å². The first-order chi connectivity index (χ1) is 8.47. The lowest BCUT2D eigenvalue weighted by Crippen LogP contribution is -2.49. The van der Waals surface area contributed by atoms with Crippen LogP contribution in [0.3, 0.4) is 0 Å². The summed E-state index contributed by atoms with van der Waals surface area (Å²) in [5.41, 5.74) is 0. The molecule has 0 bridgehead atoms. The van der Waals surface area contributed by atoms with Crippen molar-refractivity contribution in [2.75, 3.05) is 7.11 Å². The Kier molecular flexibility index (Phi) is 6.42. The Balaban J connectivity index is 5.19. The van der Waals surface area contributed by atoms with Crippen LogP contribution >= 0.6 is 0 Å². The first-order valence-electron chi connectivity index (χ1n) is 6.69. The number of carbonyl (C=O) groups is 2. The van der Waals surface area contributed by atoms with Crippen LogP contribution in [0, 0.1) is 11.8 Å². The lowest BCUT2D eigenvalue weighted by molar-refractivity contribution is -0.149. The summed E-state index contributed by atoms with van der Waals surface area (Å²) in [5, 5.41) is 0.0314. The normalized spacial score (nSPS) is 17.5. The van der Waals surface area contributed by atoms with Crippen LogP contribution in [0.15, 0.2) is 0 Å². The number of hydrogen-bond donors (Lipinski definition) is 0. The summed E-state index contributed by atoms with van der Waals surface area (Å²) in [4.78, 5) is 22.8. The zero-order chi connectivity index (χ0) is 15.4. The Hall–Kier alpha value is -0.683. The minimum Gasteiger partial charge on any atom is -0.469 e. The maximum atomic E-state index is 11.7. The molecule has 0 amide bonds. The molecule has 0 N–H and O–H groups in total. The van der Waals surface area contributed by atoms with Crippen molar-refractivity contribution in [3.63, 3.8) is 0 Å². The molecule has 0 spiro atoms. The third-order valence-corrected chi connectivity index (χ3v) is 8.51. The largest absolute Gasteiger partial charge is 0.469 e. The number of methoxy groups -OCH3 is 1. The molecule has 4 nitrogen and oxygen atoms in total. The molecule has 0 unspecified atom stereocenters. The molecule has 0 fully saturated rings. The van der Waals surface area contributed by atoms with Gasteiger partial charge in [-0.1, -0.05) is 27.7 Å². The summed E-state index contributed by atoms with van der Waals surface area (Å²) in [6, 6.07) is 0. The van der Waals surface area contributed by atoms with Crippen LogP contribution in [-0.4, -0.2) is 33.8 Å². The smallest absolute Gasteiger partial charge is 0.310 e. The van der Waals surface area contributed by atoms with Gasteiger partial charge in [-0.3, -0.25) is 4.79 Å². The van der Waals surface area contributed by atoms with Gasteiger partial charge in [-0.05, 0) is 25.1 Å². The van der Waals surface area contributed by atoms with E-state index in [2.05, 4.69) is 33.9 Å². The molecule has 0 aliphatic carbocycles. The van der Waals surface area contributed by atoms with Gasteiger partial charge in [0, 0.05) is 5.92 Å². The zero-order valence-corrected chi connectivity index (χ0v) is 14.4. The van der Waals surface area contributed by atoms with E-state index in [9.17, 15) is 9.59 Å². The fraction of sp³-hybridized carbons (Fsp3) is 0.857. The van der Waals surface area contributed by atoms with Crippen molar-refractivity contribution in [2.24, 2.45) is 11.8 Å². The Morgan fingerprint density at radius 3 is 2.00 bits per heavy atom. The molecule has 0 radical (unpaired) electrons. The highest BCUT2D eigenvalue weighted by atomic mass is 28.4. The maximum absolute atomic E-state index is 11.7. The zero-order valence-electron chi connectivity index (χ0n) is 13.4. The topological polar surface area (TPSA) is 52.6 Å². The van der Waals surface area contributed by atoms with Gasteiger partial charge in [0.2, 0.25) is 0 Å². The van der Waals surface area contributed by atoms with Crippen LogP contribution in [0.25, 0.3) is 0 Å². The lowest BCUT2D eigenvalue weighted by Gasteiger charge is -2.41. The number of aldehydes is 1. The van der Waals surface area contributed by atoms with Gasteiger partial charge in [0.1, 0.15) is 6.29 Å². The molecular formula is C14H28O4Si. The summed E-state index contributed by atoms with van der Waals surface area (Å²) < 4.78 is 11.0. The van der Waals surface area contributed by atoms with Crippen molar-refractivity contribution in [3.05, 3.63) is 0 Å². The maximum Gasteiger partial charge on any atom is 0.310 e. The predicted molar refractivity (Wildman–Crippen MR) is 78.5 cm³/mol. The van der Waals surface area contributed by atoms with Crippen LogP contribution in [0.5, 0.6) is 0 Å². The molecule has 0 aromatic carbocycles. The van der Waals surface area contributed by atoms with E-state index in [0.29, 0.717) is 0 Å². The van der Waals surface area contributed by atoms with E-state index >= 15 is 0 Å². The first-order valence-corrected chi connectivity index (χ1v) is 9.59. The van der Waals surface area contributed by atoms with E-state index < -0.39 is 20.3 Å². The van der Waals surface area contributed by atoms with Crippen molar-refractivity contribution in [1.29, 1.82) is 0 Å². The van der Waals surface area contributed by atoms with Crippen molar-refractivity contribution < 1.29 is 18.8 Å². The van der Waals surface area contributed by atoms with Crippen LogP contribution in [0.4, 0.5) is 0 Å². The highest BCUT2D eigenvalue weighted by Gasteiger charge is 2.42. The Morgan fingerprint density at radius 1 is 1.21 bits per heavy atom. The average molecular weight is 288 g/mol. The molecule has 0 rings (SSSR count). The molecule has 0 aromatic rings. The Bertz CT molecular complexity index is 320. The van der Waals surface area contributed by atoms with E-state index in [-0.39, 0.29) is 16.9 Å². The molecule has 5 heteroatoms. The van der Waals surface area contributed by atoms with E-state index in [0.717, 1.165) is 6.29 Å². The Labute approximate surface area is 118 Å². The lowest BCUT2D eigenvalue weighted by atomic mass is 9.95. The molecule has 19 heavy (non-hydrogen) atoms. The minimum atomic E-state index is -2.04. The minimum absolute atomic E-state index is 0.0314. The summed E-state index contributed by atoms with van der Waals surface area (Å²) >= 11 is 0. The number of carbonyl (C=O) groups excluding carboxylic acids is 2. The molecule has 3 atom stereocenters. The molecule has 0 aliphatic heterocycles. The molecule has 0 aliphatic rings. The SMILES string of the molecule is COC(=O)[C@H](C)[C@@H](O[Si](C)(C)C(C)(C)C)[C@@H](C)C=O. The molecule has 0 saturated heterocycles. The summed E-state index contributed by atoms with van der Waals surface area (Å²) in [7, 11) is -0.680. The molecule has 0 aromatic heterocycles. The van der Waals surface area contributed by atoms with Crippen LogP contribution in [0.1, 0.15) is 34.6 Å². The van der Waals surface area contributed by atoms with Gasteiger partial charge in [-0.15, -0.1) is 0 Å². The van der Waals surface area contributed by atoms with E-state index in [1.54, 1.807) is 13.8 Å². The van der Waals surface area contributed by atoms with Gasteiger partial charge < -0.3 is 14.0 Å². The fourth-order valence-corrected chi connectivity index (χ4v) is 3.03. The van der Waals surface area contributed by atoms with Crippen molar-refractivity contribution >= 4 is 20.6 Å². The number of rotatable bonds is 6. The van der Waals surface area contributed by atoms with Crippen LogP contribution in [-0.2, 0) is 18.8 Å². The second-order valence-electron chi connectivity index (χ2n) is 6.65. The third-order valence-electron chi connectivity index (χ3n) is 4.04. The highest BCUT2D eigenvalue weighted by Crippen LogP contribution is 2.39. The Morgan fingerprint density at radius 2 is 1.68 bits per heavy atom. The number of hydrogen-bond acceptors (Lipinski definition) is 4. The van der Waals surface area contributed by atoms with Crippen LogP contribution in [0.2, 0.25) is 18.1 Å². The van der Waals surface area contributed by atoms with E-state index in [4.69, 9.17) is 9.16 Å². The summed E-state index contributed by atoms with van der Waals surface area (Å²) in [5.74, 6) is -1.11. The predicted octanol–water partition coefficient (Wildman–Crippen LogP) is 3.02. The van der Waals surface area contributed by atoms with Gasteiger partial charge in [-0.25, -0.2) is 0 Å². The average Bonchev–Trinajstić information content (AvgIpc) is 2.31. The van der Waals surface area contributed by atoms with Crippen molar-refractivity contribution in [2.45, 2.75) is 58.9 Å². The van der Waals surface area contributed by atoms with Gasteiger partial charge in [0.15, 0.2) is 8.32 Å². The second-order valence-corrected chi connectivity index (χ2v) is 11.4.